The Morgan fingerprint density at radius 2 is 2.17 bits per heavy atom. The van der Waals surface area contributed by atoms with Crippen molar-refractivity contribution in [1.29, 1.82) is 0 Å². The minimum absolute atomic E-state index is 0.296. The van der Waals surface area contributed by atoms with Crippen LogP contribution in [0.4, 0.5) is 0 Å². The smallest absolute Gasteiger partial charge is 0.143 e. The van der Waals surface area contributed by atoms with Crippen LogP contribution in [0, 0.1) is 18.8 Å². The average Bonchev–Trinajstić information content (AvgIpc) is 1.61. The van der Waals surface area contributed by atoms with Gasteiger partial charge in [0.05, 0.1) is 0 Å². The molecule has 2 radical (unpaired) electrons. The van der Waals surface area contributed by atoms with Crippen LogP contribution in [-0.4, -0.2) is 6.61 Å². The minimum Gasteiger partial charge on any atom is -0.223 e. The first-order chi connectivity index (χ1) is 2.91. The molecule has 0 fully saturated rings. The van der Waals surface area contributed by atoms with Crippen LogP contribution in [0.1, 0.15) is 6.42 Å². The zero-order valence-corrected chi connectivity index (χ0v) is 3.53. The molecule has 0 bridgehead atoms. The van der Waals surface area contributed by atoms with Gasteiger partial charge in [-0.05, 0) is 6.92 Å². The zero-order valence-electron chi connectivity index (χ0n) is 3.53. The molecule has 1 nitrogen and oxygen atoms in total. The molecule has 0 amide bonds. The Hall–Kier alpha value is -0.480. The molecule has 0 aromatic heterocycles. The molecule has 0 aliphatic rings. The second-order valence-corrected chi connectivity index (χ2v) is 0.748. The highest BCUT2D eigenvalue weighted by atomic mass is 16.2. The van der Waals surface area contributed by atoms with Crippen LogP contribution in [-0.2, 0) is 5.11 Å². The van der Waals surface area contributed by atoms with Gasteiger partial charge in [0.2, 0.25) is 0 Å². The lowest BCUT2D eigenvalue weighted by Gasteiger charge is -1.63. The molecule has 0 N–H and O–H groups in total. The van der Waals surface area contributed by atoms with Crippen molar-refractivity contribution in [3.05, 3.63) is 6.92 Å². The Balaban J connectivity index is 2.90. The Morgan fingerprint density at radius 1 is 1.50 bits per heavy atom. The van der Waals surface area contributed by atoms with Crippen molar-refractivity contribution < 1.29 is 5.11 Å². The van der Waals surface area contributed by atoms with Crippen LogP contribution >= 0.6 is 0 Å². The summed E-state index contributed by atoms with van der Waals surface area (Å²) in [6.45, 7) is 3.11. The highest BCUT2D eigenvalue weighted by Crippen LogP contribution is 1.62. The monoisotopic (exact) mass is 82.0 g/mol. The summed E-state index contributed by atoms with van der Waals surface area (Å²) in [6.07, 6.45) is 0.544. The molecule has 0 aliphatic heterocycles. The first kappa shape index (κ1) is 5.52. The van der Waals surface area contributed by atoms with Crippen molar-refractivity contribution >= 4 is 0 Å². The molecule has 0 aromatic carbocycles. The van der Waals surface area contributed by atoms with E-state index in [1.54, 1.807) is 0 Å². The second kappa shape index (κ2) is 4.52. The Bertz CT molecular complexity index is 57.7. The lowest BCUT2D eigenvalue weighted by atomic mass is 10.5. The first-order valence-corrected chi connectivity index (χ1v) is 1.75. The maximum atomic E-state index is 9.49. The topological polar surface area (TPSA) is 19.9 Å². The fourth-order valence-electron chi connectivity index (χ4n) is 0.139. The van der Waals surface area contributed by atoms with E-state index in [9.17, 15) is 5.11 Å². The minimum atomic E-state index is -0.296. The second-order valence-electron chi connectivity index (χ2n) is 0.748. The third kappa shape index (κ3) is 3.52. The quantitative estimate of drug-likeness (QED) is 0.382. The Morgan fingerprint density at radius 3 is 2.33 bits per heavy atom. The van der Waals surface area contributed by atoms with Crippen molar-refractivity contribution in [1.82, 2.24) is 0 Å². The van der Waals surface area contributed by atoms with Crippen LogP contribution in [0.5, 0.6) is 0 Å². The van der Waals surface area contributed by atoms with E-state index < -0.39 is 0 Å². The molecule has 0 spiro atoms. The van der Waals surface area contributed by atoms with Gasteiger partial charge in [0.25, 0.3) is 0 Å². The zero-order chi connectivity index (χ0) is 4.83. The number of hydrogen-bond donors (Lipinski definition) is 0. The summed E-state index contributed by atoms with van der Waals surface area (Å²) in [5.41, 5.74) is 0. The average molecular weight is 82.1 g/mol. The summed E-state index contributed by atoms with van der Waals surface area (Å²) in [4.78, 5) is 0. The van der Waals surface area contributed by atoms with Gasteiger partial charge in [0, 0.05) is 6.42 Å². The van der Waals surface area contributed by atoms with Gasteiger partial charge in [-0.1, -0.05) is 5.92 Å². The van der Waals surface area contributed by atoms with E-state index in [0.717, 1.165) is 0 Å². The maximum absolute atomic E-state index is 9.49. The molecule has 0 heterocycles. The van der Waals surface area contributed by atoms with Gasteiger partial charge in [-0.15, -0.1) is 5.92 Å². The molecule has 0 saturated carbocycles. The van der Waals surface area contributed by atoms with Crippen molar-refractivity contribution in [2.75, 3.05) is 6.61 Å². The van der Waals surface area contributed by atoms with Gasteiger partial charge < -0.3 is 0 Å². The van der Waals surface area contributed by atoms with Gasteiger partial charge in [-0.2, -0.15) is 0 Å². The summed E-state index contributed by atoms with van der Waals surface area (Å²) in [5.74, 6) is 4.85. The fraction of sp³-hybridized carbons (Fsp3) is 0.400. The molecule has 32 valence electrons. The van der Waals surface area contributed by atoms with E-state index in [2.05, 4.69) is 18.8 Å². The van der Waals surface area contributed by atoms with E-state index in [1.807, 2.05) is 0 Å². The highest BCUT2D eigenvalue weighted by molar-refractivity contribution is 4.98. The first-order valence-electron chi connectivity index (χ1n) is 1.75. The van der Waals surface area contributed by atoms with Crippen LogP contribution < -0.4 is 0 Å². The SMILES string of the molecule is [CH2]CC#CC[O]. The Kier molecular flexibility index (Phi) is 4.16. The molecule has 1 heteroatoms. The molecule has 0 atom stereocenters. The molecule has 0 rings (SSSR count). The van der Waals surface area contributed by atoms with Gasteiger partial charge in [0.15, 0.2) is 0 Å². The normalized spacial score (nSPS) is 6.33. The van der Waals surface area contributed by atoms with Crippen molar-refractivity contribution in [3.63, 3.8) is 0 Å². The van der Waals surface area contributed by atoms with Crippen molar-refractivity contribution in [3.8, 4) is 11.8 Å². The summed E-state index contributed by atoms with van der Waals surface area (Å²) in [6, 6.07) is 0. The van der Waals surface area contributed by atoms with Crippen LogP contribution in [0.25, 0.3) is 0 Å². The van der Waals surface area contributed by atoms with Crippen molar-refractivity contribution in [2.24, 2.45) is 0 Å². The lowest BCUT2D eigenvalue weighted by Crippen LogP contribution is -1.65. The lowest BCUT2D eigenvalue weighted by molar-refractivity contribution is 0.239. The van der Waals surface area contributed by atoms with Gasteiger partial charge >= 0.3 is 0 Å². The summed E-state index contributed by atoms with van der Waals surface area (Å²) in [7, 11) is 0. The highest BCUT2D eigenvalue weighted by Gasteiger charge is 1.58. The molecular weight excluding hydrogens is 76.1 g/mol. The summed E-state index contributed by atoms with van der Waals surface area (Å²) < 4.78 is 0. The molecular formula is C5H6O. The van der Waals surface area contributed by atoms with Gasteiger partial charge in [0.1, 0.15) is 6.61 Å². The predicted molar refractivity (Wildman–Crippen MR) is 23.3 cm³/mol. The van der Waals surface area contributed by atoms with Crippen LogP contribution in [0.3, 0.4) is 0 Å². The standard InChI is InChI=1S/C5H6O/c1-2-3-4-5-6/h1-2,5H2. The molecule has 0 unspecified atom stereocenters. The molecule has 0 aliphatic carbocycles. The van der Waals surface area contributed by atoms with Crippen LogP contribution in [0.2, 0.25) is 0 Å². The number of rotatable bonds is 0. The Labute approximate surface area is 38.0 Å². The molecule has 6 heavy (non-hydrogen) atoms. The van der Waals surface area contributed by atoms with Gasteiger partial charge in [-0.3, -0.25) is 0 Å². The summed E-state index contributed by atoms with van der Waals surface area (Å²) >= 11 is 0. The third-order valence-corrected chi connectivity index (χ3v) is 0.322. The van der Waals surface area contributed by atoms with E-state index >= 15 is 0 Å². The predicted octanol–water partition coefficient (Wildman–Crippen LogP) is 0.644. The third-order valence-electron chi connectivity index (χ3n) is 0.322. The van der Waals surface area contributed by atoms with Crippen molar-refractivity contribution in [2.45, 2.75) is 6.42 Å². The fourth-order valence-corrected chi connectivity index (χ4v) is 0.139. The van der Waals surface area contributed by atoms with Crippen LogP contribution in [0.15, 0.2) is 0 Å². The van der Waals surface area contributed by atoms with E-state index in [0.29, 0.717) is 6.42 Å². The number of hydrogen-bond acceptors (Lipinski definition) is 0. The maximum Gasteiger partial charge on any atom is 0.143 e. The van der Waals surface area contributed by atoms with Gasteiger partial charge in [-0.25, -0.2) is 5.11 Å². The molecule has 0 aromatic rings. The largest absolute Gasteiger partial charge is 0.223 e. The van der Waals surface area contributed by atoms with E-state index in [-0.39, 0.29) is 6.61 Å². The van der Waals surface area contributed by atoms with E-state index in [1.165, 1.54) is 0 Å². The molecule has 0 saturated heterocycles. The van der Waals surface area contributed by atoms with E-state index in [4.69, 9.17) is 0 Å². The summed E-state index contributed by atoms with van der Waals surface area (Å²) in [5, 5.41) is 9.49.